The van der Waals surface area contributed by atoms with Crippen molar-refractivity contribution in [2.24, 2.45) is 0 Å². The van der Waals surface area contributed by atoms with Crippen molar-refractivity contribution in [1.82, 2.24) is 19.9 Å². The number of aryl methyl sites for hydroxylation is 1. The van der Waals surface area contributed by atoms with Crippen LogP contribution < -0.4 is 0 Å². The molecule has 4 nitrogen and oxygen atoms in total. The molecular weight excluding hydrogens is 403 g/mol. The molecule has 2 aromatic heterocycles. The van der Waals surface area contributed by atoms with Crippen LogP contribution in [0.4, 0.5) is 0 Å². The topological polar surface area (TPSA) is 51.6 Å². The molecule has 0 aliphatic rings. The number of benzene rings is 1. The smallest absolute Gasteiger partial charge is 0.223 e. The zero-order chi connectivity index (χ0) is 21.4. The summed E-state index contributed by atoms with van der Waals surface area (Å²) in [7, 11) is 0. The minimum atomic E-state index is -0.218. The Morgan fingerprint density at radius 3 is 2.10 bits per heavy atom. The molecule has 0 aliphatic carbocycles. The van der Waals surface area contributed by atoms with Gasteiger partial charge in [-0.2, -0.15) is 0 Å². The first-order valence-corrected chi connectivity index (χ1v) is 10.4. The molecule has 29 heavy (non-hydrogen) atoms. The van der Waals surface area contributed by atoms with Crippen LogP contribution in [0.2, 0.25) is 10.6 Å². The number of aromatic nitrogens is 4. The molecule has 0 amide bonds. The molecule has 6 heteroatoms. The van der Waals surface area contributed by atoms with Crippen molar-refractivity contribution in [2.45, 2.75) is 58.8 Å². The van der Waals surface area contributed by atoms with Gasteiger partial charge in [-0.1, -0.05) is 52.8 Å². The van der Waals surface area contributed by atoms with Gasteiger partial charge in [0.15, 0.2) is 0 Å². The van der Waals surface area contributed by atoms with E-state index in [0.29, 0.717) is 5.28 Å². The maximum Gasteiger partial charge on any atom is 0.223 e. The first kappa shape index (κ1) is 21.7. The zero-order valence-electron chi connectivity index (χ0n) is 17.7. The second-order valence-corrected chi connectivity index (χ2v) is 9.76. The van der Waals surface area contributed by atoms with Crippen molar-refractivity contribution < 1.29 is 0 Å². The van der Waals surface area contributed by atoms with Gasteiger partial charge in [0.1, 0.15) is 0 Å². The minimum Gasteiger partial charge on any atom is -0.223 e. The predicted molar refractivity (Wildman–Crippen MR) is 120 cm³/mol. The molecule has 0 N–H and O–H groups in total. The molecule has 0 saturated heterocycles. The highest BCUT2D eigenvalue weighted by Gasteiger charge is 2.27. The molecule has 0 radical (unpaired) electrons. The molecule has 1 aromatic carbocycles. The summed E-state index contributed by atoms with van der Waals surface area (Å²) in [4.78, 5) is 17.5. The first-order valence-electron chi connectivity index (χ1n) is 9.60. The third-order valence-corrected chi connectivity index (χ3v) is 5.19. The van der Waals surface area contributed by atoms with Gasteiger partial charge in [-0.3, -0.25) is 0 Å². The summed E-state index contributed by atoms with van der Waals surface area (Å²) in [6.07, 6.45) is 0.801. The van der Waals surface area contributed by atoms with E-state index in [1.165, 1.54) is 5.56 Å². The Bertz CT molecular complexity index is 1020. The SMILES string of the molecule is Cc1cc(-c2cccc(CC(C)(C)c3cc(C(C)(C)C)nc(Cl)n3)c2)nc(Cl)n1. The summed E-state index contributed by atoms with van der Waals surface area (Å²) in [5, 5.41) is 0.552. The average Bonchev–Trinajstić information content (AvgIpc) is 2.59. The average molecular weight is 429 g/mol. The van der Waals surface area contributed by atoms with E-state index in [0.717, 1.165) is 34.8 Å². The van der Waals surface area contributed by atoms with Gasteiger partial charge >= 0.3 is 0 Å². The Kier molecular flexibility index (Phi) is 5.98. The van der Waals surface area contributed by atoms with Gasteiger partial charge in [0, 0.05) is 22.1 Å². The molecular formula is C23H26Cl2N4. The Morgan fingerprint density at radius 1 is 0.793 bits per heavy atom. The summed E-state index contributed by atoms with van der Waals surface area (Å²) in [5.41, 5.74) is 5.44. The fraction of sp³-hybridized carbons (Fsp3) is 0.391. The molecule has 0 spiro atoms. The van der Waals surface area contributed by atoms with Crippen LogP contribution in [0, 0.1) is 6.92 Å². The van der Waals surface area contributed by atoms with Crippen LogP contribution in [-0.2, 0) is 17.3 Å². The van der Waals surface area contributed by atoms with Gasteiger partial charge < -0.3 is 0 Å². The lowest BCUT2D eigenvalue weighted by molar-refractivity contribution is 0.495. The van der Waals surface area contributed by atoms with Crippen LogP contribution in [0.3, 0.4) is 0 Å². The van der Waals surface area contributed by atoms with Crippen LogP contribution in [0.5, 0.6) is 0 Å². The van der Waals surface area contributed by atoms with E-state index in [2.05, 4.69) is 72.8 Å². The Morgan fingerprint density at radius 2 is 1.45 bits per heavy atom. The van der Waals surface area contributed by atoms with Crippen molar-refractivity contribution in [1.29, 1.82) is 0 Å². The highest BCUT2D eigenvalue weighted by molar-refractivity contribution is 6.28. The molecule has 0 atom stereocenters. The molecule has 0 fully saturated rings. The lowest BCUT2D eigenvalue weighted by Crippen LogP contribution is -2.25. The van der Waals surface area contributed by atoms with Crippen LogP contribution in [0.25, 0.3) is 11.3 Å². The summed E-state index contributed by atoms with van der Waals surface area (Å²) >= 11 is 12.3. The van der Waals surface area contributed by atoms with Gasteiger partial charge in [-0.15, -0.1) is 0 Å². The fourth-order valence-corrected chi connectivity index (χ4v) is 3.68. The van der Waals surface area contributed by atoms with Crippen LogP contribution >= 0.6 is 23.2 Å². The third kappa shape index (κ3) is 5.31. The maximum atomic E-state index is 6.25. The largest absolute Gasteiger partial charge is 0.223 e. The second kappa shape index (κ2) is 8.00. The normalized spacial score (nSPS) is 12.3. The lowest BCUT2D eigenvalue weighted by atomic mass is 9.80. The van der Waals surface area contributed by atoms with Gasteiger partial charge in [0.25, 0.3) is 0 Å². The van der Waals surface area contributed by atoms with E-state index < -0.39 is 0 Å². The molecule has 0 bridgehead atoms. The summed E-state index contributed by atoms with van der Waals surface area (Å²) in [6.45, 7) is 12.6. The zero-order valence-corrected chi connectivity index (χ0v) is 19.2. The van der Waals surface area contributed by atoms with E-state index in [-0.39, 0.29) is 16.1 Å². The highest BCUT2D eigenvalue weighted by atomic mass is 35.5. The monoisotopic (exact) mass is 428 g/mol. The molecule has 0 unspecified atom stereocenters. The van der Waals surface area contributed by atoms with E-state index in [4.69, 9.17) is 23.2 Å². The summed E-state index contributed by atoms with van der Waals surface area (Å²) < 4.78 is 0. The molecule has 152 valence electrons. The van der Waals surface area contributed by atoms with Crippen LogP contribution in [0.1, 0.15) is 57.3 Å². The van der Waals surface area contributed by atoms with Gasteiger partial charge in [0.2, 0.25) is 10.6 Å². The maximum absolute atomic E-state index is 6.25. The standard InChI is InChI=1S/C23H26Cl2N4/c1-14-10-17(27-20(24)26-14)16-9-7-8-15(11-16)13-23(5,6)19-12-18(22(2,3)4)28-21(25)29-19/h7-12H,13H2,1-6H3. The van der Waals surface area contributed by atoms with Crippen molar-refractivity contribution >= 4 is 23.2 Å². The van der Waals surface area contributed by atoms with Crippen molar-refractivity contribution in [3.8, 4) is 11.3 Å². The van der Waals surface area contributed by atoms with Crippen molar-refractivity contribution in [3.63, 3.8) is 0 Å². The van der Waals surface area contributed by atoms with Gasteiger partial charge in [0.05, 0.1) is 17.1 Å². The quantitative estimate of drug-likeness (QED) is 0.453. The molecule has 0 aliphatic heterocycles. The number of nitrogens with zero attached hydrogens (tertiary/aromatic N) is 4. The fourth-order valence-electron chi connectivity index (χ4n) is 3.27. The number of hydrogen-bond donors (Lipinski definition) is 0. The highest BCUT2D eigenvalue weighted by Crippen LogP contribution is 2.31. The molecule has 2 heterocycles. The van der Waals surface area contributed by atoms with Crippen LogP contribution in [-0.4, -0.2) is 19.9 Å². The predicted octanol–water partition coefficient (Wildman–Crippen LogP) is 6.37. The summed E-state index contributed by atoms with van der Waals surface area (Å²) in [5.74, 6) is 0. The van der Waals surface area contributed by atoms with E-state index in [1.807, 2.05) is 25.1 Å². The van der Waals surface area contributed by atoms with Crippen molar-refractivity contribution in [3.05, 3.63) is 69.6 Å². The van der Waals surface area contributed by atoms with E-state index in [1.54, 1.807) is 0 Å². The molecule has 0 saturated carbocycles. The third-order valence-electron chi connectivity index (χ3n) is 4.86. The van der Waals surface area contributed by atoms with Gasteiger partial charge in [-0.05, 0) is 60.3 Å². The number of hydrogen-bond acceptors (Lipinski definition) is 4. The lowest BCUT2D eigenvalue weighted by Gasteiger charge is -2.27. The van der Waals surface area contributed by atoms with Crippen LogP contribution in [0.15, 0.2) is 36.4 Å². The Balaban J connectivity index is 1.94. The van der Waals surface area contributed by atoms with Gasteiger partial charge in [-0.25, -0.2) is 19.9 Å². The van der Waals surface area contributed by atoms with E-state index >= 15 is 0 Å². The number of halogens is 2. The van der Waals surface area contributed by atoms with Crippen molar-refractivity contribution in [2.75, 3.05) is 0 Å². The van der Waals surface area contributed by atoms with E-state index in [9.17, 15) is 0 Å². The molecule has 3 aromatic rings. The Hall–Kier alpha value is -2.04. The minimum absolute atomic E-state index is 0.0958. The first-order chi connectivity index (χ1) is 13.4. The number of rotatable bonds is 4. The second-order valence-electron chi connectivity index (χ2n) is 9.08. The Labute approximate surface area is 182 Å². The molecule has 3 rings (SSSR count). The summed E-state index contributed by atoms with van der Waals surface area (Å²) in [6, 6.07) is 12.4.